The van der Waals surface area contributed by atoms with Crippen LogP contribution in [-0.2, 0) is 6.54 Å². The van der Waals surface area contributed by atoms with Gasteiger partial charge in [0.15, 0.2) is 0 Å². The van der Waals surface area contributed by atoms with Crippen LogP contribution in [0.5, 0.6) is 0 Å². The van der Waals surface area contributed by atoms with E-state index in [0.29, 0.717) is 18.0 Å². The quantitative estimate of drug-likeness (QED) is 0.780. The molecule has 0 aliphatic heterocycles. The third-order valence-corrected chi connectivity index (χ3v) is 4.20. The number of carboxylic acids is 1. The molecule has 5 heteroatoms. The number of fused-ring (bicyclic) bond motifs is 1. The van der Waals surface area contributed by atoms with E-state index in [1.54, 1.807) is 12.1 Å². The topological polar surface area (TPSA) is 68.0 Å². The van der Waals surface area contributed by atoms with Gasteiger partial charge >= 0.3 is 5.97 Å². The molecule has 0 fully saturated rings. The Morgan fingerprint density at radius 1 is 1.22 bits per heavy atom. The maximum atomic E-state index is 10.9. The van der Waals surface area contributed by atoms with Gasteiger partial charge in [0.25, 0.3) is 0 Å². The van der Waals surface area contributed by atoms with Crippen LogP contribution in [0.15, 0.2) is 42.9 Å². The third kappa shape index (κ3) is 2.95. The van der Waals surface area contributed by atoms with Crippen molar-refractivity contribution in [2.45, 2.75) is 32.7 Å². The Balaban J connectivity index is 1.93. The minimum atomic E-state index is -0.908. The van der Waals surface area contributed by atoms with E-state index >= 15 is 0 Å². The molecule has 3 aromatic rings. The SMILES string of the molecule is CCC(C)c1nccc2c1ncn2Cc1ccc(C(=O)O)cc1. The average molecular weight is 309 g/mol. The van der Waals surface area contributed by atoms with Gasteiger partial charge in [0.2, 0.25) is 0 Å². The fourth-order valence-electron chi connectivity index (χ4n) is 2.64. The van der Waals surface area contributed by atoms with Gasteiger partial charge in [0.05, 0.1) is 23.1 Å². The molecule has 0 saturated heterocycles. The predicted molar refractivity (Wildman–Crippen MR) is 88.7 cm³/mol. The smallest absolute Gasteiger partial charge is 0.335 e. The molecular formula is C18H19N3O2. The fraction of sp³-hybridized carbons (Fsp3) is 0.278. The molecule has 0 amide bonds. The van der Waals surface area contributed by atoms with Gasteiger partial charge in [-0.1, -0.05) is 26.0 Å². The molecule has 1 atom stereocenters. The van der Waals surface area contributed by atoms with E-state index in [2.05, 4.69) is 28.4 Å². The van der Waals surface area contributed by atoms with E-state index in [0.717, 1.165) is 28.7 Å². The normalized spacial score (nSPS) is 12.4. The van der Waals surface area contributed by atoms with Crippen LogP contribution in [0.4, 0.5) is 0 Å². The van der Waals surface area contributed by atoms with Crippen LogP contribution in [0.25, 0.3) is 11.0 Å². The zero-order valence-electron chi connectivity index (χ0n) is 13.2. The summed E-state index contributed by atoms with van der Waals surface area (Å²) in [5.74, 6) is -0.536. The maximum absolute atomic E-state index is 10.9. The summed E-state index contributed by atoms with van der Waals surface area (Å²) in [6.45, 7) is 4.96. The molecule has 5 nitrogen and oxygen atoms in total. The van der Waals surface area contributed by atoms with Gasteiger partial charge in [0, 0.05) is 18.7 Å². The number of aromatic carboxylic acids is 1. The lowest BCUT2D eigenvalue weighted by Crippen LogP contribution is -2.01. The van der Waals surface area contributed by atoms with Crippen LogP contribution in [0, 0.1) is 0 Å². The first kappa shape index (κ1) is 15.2. The van der Waals surface area contributed by atoms with Crippen LogP contribution >= 0.6 is 0 Å². The lowest BCUT2D eigenvalue weighted by molar-refractivity contribution is 0.0697. The summed E-state index contributed by atoms with van der Waals surface area (Å²) in [4.78, 5) is 19.9. The van der Waals surface area contributed by atoms with Gasteiger partial charge in [-0.05, 0) is 30.2 Å². The molecule has 0 bridgehead atoms. The highest BCUT2D eigenvalue weighted by molar-refractivity contribution is 5.87. The molecule has 1 N–H and O–H groups in total. The van der Waals surface area contributed by atoms with E-state index < -0.39 is 5.97 Å². The van der Waals surface area contributed by atoms with E-state index in [9.17, 15) is 4.79 Å². The van der Waals surface area contributed by atoms with Crippen LogP contribution in [-0.4, -0.2) is 25.6 Å². The second-order valence-corrected chi connectivity index (χ2v) is 5.75. The Morgan fingerprint density at radius 3 is 2.61 bits per heavy atom. The lowest BCUT2D eigenvalue weighted by Gasteiger charge is -2.09. The minimum Gasteiger partial charge on any atom is -0.478 e. The van der Waals surface area contributed by atoms with Crippen molar-refractivity contribution < 1.29 is 9.90 Å². The molecular weight excluding hydrogens is 290 g/mol. The van der Waals surface area contributed by atoms with Crippen LogP contribution in [0.3, 0.4) is 0 Å². The number of carboxylic acid groups (broad SMARTS) is 1. The fourth-order valence-corrected chi connectivity index (χ4v) is 2.64. The second kappa shape index (κ2) is 6.20. The first-order valence-electron chi connectivity index (χ1n) is 7.72. The van der Waals surface area contributed by atoms with Crippen molar-refractivity contribution in [1.29, 1.82) is 0 Å². The molecule has 0 radical (unpaired) electrons. The largest absolute Gasteiger partial charge is 0.478 e. The average Bonchev–Trinajstić information content (AvgIpc) is 2.97. The minimum absolute atomic E-state index is 0.299. The highest BCUT2D eigenvalue weighted by atomic mass is 16.4. The van der Waals surface area contributed by atoms with Crippen LogP contribution < -0.4 is 0 Å². The number of rotatable bonds is 5. The van der Waals surface area contributed by atoms with Gasteiger partial charge in [0.1, 0.15) is 5.52 Å². The zero-order valence-corrected chi connectivity index (χ0v) is 13.2. The number of hydrogen-bond donors (Lipinski definition) is 1. The summed E-state index contributed by atoms with van der Waals surface area (Å²) in [7, 11) is 0. The summed E-state index contributed by atoms with van der Waals surface area (Å²) >= 11 is 0. The highest BCUT2D eigenvalue weighted by Crippen LogP contribution is 2.24. The standard InChI is InChI=1S/C18H19N3O2/c1-3-12(2)16-17-15(8-9-19-16)21(11-20-17)10-13-4-6-14(7-5-13)18(22)23/h4-9,11-12H,3,10H2,1-2H3,(H,22,23). The van der Waals surface area contributed by atoms with E-state index in [4.69, 9.17) is 5.11 Å². The van der Waals surface area contributed by atoms with Crippen molar-refractivity contribution in [1.82, 2.24) is 14.5 Å². The summed E-state index contributed by atoms with van der Waals surface area (Å²) in [5.41, 5.74) is 4.37. The van der Waals surface area contributed by atoms with Gasteiger partial charge in [-0.2, -0.15) is 0 Å². The molecule has 2 aromatic heterocycles. The van der Waals surface area contributed by atoms with Gasteiger partial charge in [-0.25, -0.2) is 9.78 Å². The summed E-state index contributed by atoms with van der Waals surface area (Å²) in [6.07, 6.45) is 4.68. The van der Waals surface area contributed by atoms with E-state index in [-0.39, 0.29) is 0 Å². The molecule has 3 rings (SSSR count). The zero-order chi connectivity index (χ0) is 16.4. The van der Waals surface area contributed by atoms with Crippen LogP contribution in [0.2, 0.25) is 0 Å². The summed E-state index contributed by atoms with van der Waals surface area (Å²) < 4.78 is 2.07. The van der Waals surface area contributed by atoms with Crippen molar-refractivity contribution in [3.8, 4) is 0 Å². The Morgan fingerprint density at radius 2 is 1.96 bits per heavy atom. The lowest BCUT2D eigenvalue weighted by atomic mass is 10.0. The number of carbonyl (C=O) groups is 1. The van der Waals surface area contributed by atoms with Crippen molar-refractivity contribution >= 4 is 17.0 Å². The van der Waals surface area contributed by atoms with Crippen LogP contribution in [0.1, 0.15) is 47.8 Å². The Labute approximate surface area is 134 Å². The van der Waals surface area contributed by atoms with Gasteiger partial charge in [-0.15, -0.1) is 0 Å². The Bertz CT molecular complexity index is 837. The van der Waals surface area contributed by atoms with E-state index in [1.807, 2.05) is 30.7 Å². The van der Waals surface area contributed by atoms with Gasteiger partial charge < -0.3 is 9.67 Å². The van der Waals surface area contributed by atoms with Crippen molar-refractivity contribution in [3.63, 3.8) is 0 Å². The molecule has 118 valence electrons. The molecule has 0 saturated carbocycles. The number of hydrogen-bond acceptors (Lipinski definition) is 3. The molecule has 0 aliphatic rings. The second-order valence-electron chi connectivity index (χ2n) is 5.75. The molecule has 23 heavy (non-hydrogen) atoms. The molecule has 0 aliphatic carbocycles. The maximum Gasteiger partial charge on any atom is 0.335 e. The summed E-state index contributed by atoms with van der Waals surface area (Å²) in [5, 5.41) is 8.96. The molecule has 0 spiro atoms. The number of nitrogens with zero attached hydrogens (tertiary/aromatic N) is 3. The Kier molecular flexibility index (Phi) is 4.10. The molecule has 1 unspecified atom stereocenters. The molecule has 2 heterocycles. The number of imidazole rings is 1. The monoisotopic (exact) mass is 309 g/mol. The van der Waals surface area contributed by atoms with Crippen molar-refractivity contribution in [3.05, 3.63) is 59.7 Å². The Hall–Kier alpha value is -2.69. The highest BCUT2D eigenvalue weighted by Gasteiger charge is 2.13. The first-order valence-corrected chi connectivity index (χ1v) is 7.72. The number of aromatic nitrogens is 3. The summed E-state index contributed by atoms with van der Waals surface area (Å²) in [6, 6.07) is 8.91. The van der Waals surface area contributed by atoms with Crippen molar-refractivity contribution in [2.75, 3.05) is 0 Å². The third-order valence-electron chi connectivity index (χ3n) is 4.20. The number of benzene rings is 1. The van der Waals surface area contributed by atoms with Gasteiger partial charge in [-0.3, -0.25) is 4.98 Å². The van der Waals surface area contributed by atoms with Crippen molar-refractivity contribution in [2.24, 2.45) is 0 Å². The number of pyridine rings is 1. The van der Waals surface area contributed by atoms with E-state index in [1.165, 1.54) is 0 Å². The first-order chi connectivity index (χ1) is 11.1. The predicted octanol–water partition coefficient (Wildman–Crippen LogP) is 3.69. The molecule has 1 aromatic carbocycles.